The molecule has 0 aliphatic carbocycles. The number of nitrogens with one attached hydrogen (secondary N) is 1. The number of anilines is 1. The lowest BCUT2D eigenvalue weighted by Crippen LogP contribution is -2.22. The van der Waals surface area contributed by atoms with Gasteiger partial charge in [-0.15, -0.1) is 11.3 Å². The molecule has 1 amide bonds. The van der Waals surface area contributed by atoms with Crippen LogP contribution in [0.3, 0.4) is 0 Å². The van der Waals surface area contributed by atoms with Crippen molar-refractivity contribution in [3.63, 3.8) is 0 Å². The molecule has 1 aromatic heterocycles. The predicted molar refractivity (Wildman–Crippen MR) is 104 cm³/mol. The highest BCUT2D eigenvalue weighted by molar-refractivity contribution is 7.11. The van der Waals surface area contributed by atoms with Crippen molar-refractivity contribution in [1.82, 2.24) is 0 Å². The van der Waals surface area contributed by atoms with Gasteiger partial charge in [0.15, 0.2) is 0 Å². The van der Waals surface area contributed by atoms with Crippen LogP contribution in [0.25, 0.3) is 11.1 Å². The molecule has 1 N–H and O–H groups in total. The van der Waals surface area contributed by atoms with E-state index >= 15 is 0 Å². The molecule has 1 aliphatic heterocycles. The summed E-state index contributed by atoms with van der Waals surface area (Å²) in [5.74, 6) is 1.70. The molecular weight excluding hydrogens is 346 g/mol. The molecule has 2 heterocycles. The summed E-state index contributed by atoms with van der Waals surface area (Å²) in [6, 6.07) is 15.8. The van der Waals surface area contributed by atoms with Crippen LogP contribution in [0.1, 0.15) is 22.8 Å². The van der Waals surface area contributed by atoms with E-state index in [9.17, 15) is 4.79 Å². The molecule has 26 heavy (non-hydrogen) atoms. The average Bonchev–Trinajstić information content (AvgIpc) is 3.11. The highest BCUT2D eigenvalue weighted by atomic mass is 32.1. The second-order valence-corrected chi connectivity index (χ2v) is 7.08. The number of hydrogen-bond acceptors (Lipinski definition) is 4. The molecule has 4 rings (SSSR count). The van der Waals surface area contributed by atoms with E-state index in [1.165, 1.54) is 4.88 Å². The third kappa shape index (κ3) is 2.84. The maximum atomic E-state index is 12.4. The number of amides is 1. The molecule has 132 valence electrons. The first-order chi connectivity index (χ1) is 12.7. The fraction of sp³-hybridized carbons (Fsp3) is 0.190. The summed E-state index contributed by atoms with van der Waals surface area (Å²) in [5, 5.41) is 5.17. The van der Waals surface area contributed by atoms with Crippen LogP contribution in [0.15, 0.2) is 53.9 Å². The van der Waals surface area contributed by atoms with Crippen molar-refractivity contribution in [2.45, 2.75) is 12.3 Å². The Morgan fingerprint density at radius 2 is 1.77 bits per heavy atom. The van der Waals surface area contributed by atoms with E-state index in [1.807, 2.05) is 48.5 Å². The second kappa shape index (κ2) is 6.84. The number of fused-ring (bicyclic) bond motifs is 1. The zero-order valence-corrected chi connectivity index (χ0v) is 15.4. The Labute approximate surface area is 156 Å². The van der Waals surface area contributed by atoms with E-state index in [-0.39, 0.29) is 11.8 Å². The van der Waals surface area contributed by atoms with Crippen molar-refractivity contribution in [2.75, 3.05) is 19.5 Å². The number of carbonyl (C=O) groups is 1. The van der Waals surface area contributed by atoms with Crippen molar-refractivity contribution in [2.24, 2.45) is 0 Å². The number of rotatable bonds is 4. The Bertz CT molecular complexity index is 946. The van der Waals surface area contributed by atoms with Crippen LogP contribution in [0, 0.1) is 0 Å². The Morgan fingerprint density at radius 1 is 1.00 bits per heavy atom. The number of ether oxygens (including phenoxy) is 2. The van der Waals surface area contributed by atoms with Gasteiger partial charge in [0, 0.05) is 33.7 Å². The molecule has 0 radical (unpaired) electrons. The molecular formula is C21H19NO3S. The van der Waals surface area contributed by atoms with E-state index in [2.05, 4.69) is 10.7 Å². The maximum absolute atomic E-state index is 12.4. The van der Waals surface area contributed by atoms with Crippen LogP contribution in [-0.4, -0.2) is 20.1 Å². The quantitative estimate of drug-likeness (QED) is 0.715. The fourth-order valence-corrected chi connectivity index (χ4v) is 4.55. The molecule has 0 saturated carbocycles. The Morgan fingerprint density at radius 3 is 2.50 bits per heavy atom. The standard InChI is InChI=1S/C21H19NO3S/c1-24-14-9-7-13(8-10-14)16-11-19(23)22-20-17(12-26-21(16)20)15-5-3-4-6-18(15)25-2/h3-10,12,16H,11H2,1-2H3,(H,22,23). The molecule has 5 heteroatoms. The second-order valence-electron chi connectivity index (χ2n) is 6.17. The largest absolute Gasteiger partial charge is 0.497 e. The van der Waals surface area contributed by atoms with Gasteiger partial charge in [0.05, 0.1) is 19.9 Å². The Balaban J connectivity index is 1.80. The van der Waals surface area contributed by atoms with Gasteiger partial charge in [0.2, 0.25) is 5.91 Å². The topological polar surface area (TPSA) is 47.6 Å². The van der Waals surface area contributed by atoms with Crippen molar-refractivity contribution in [1.29, 1.82) is 0 Å². The van der Waals surface area contributed by atoms with Crippen LogP contribution in [0.5, 0.6) is 11.5 Å². The van der Waals surface area contributed by atoms with Gasteiger partial charge in [-0.3, -0.25) is 4.79 Å². The summed E-state index contributed by atoms with van der Waals surface area (Å²) in [5.41, 5.74) is 4.02. The van der Waals surface area contributed by atoms with Crippen LogP contribution in [-0.2, 0) is 4.79 Å². The Kier molecular flexibility index (Phi) is 4.39. The molecule has 0 saturated heterocycles. The van der Waals surface area contributed by atoms with Crippen LogP contribution in [0.4, 0.5) is 5.69 Å². The van der Waals surface area contributed by atoms with Crippen LogP contribution in [0.2, 0.25) is 0 Å². The number of carbonyl (C=O) groups excluding carboxylic acids is 1. The number of hydrogen-bond donors (Lipinski definition) is 1. The van der Waals surface area contributed by atoms with Gasteiger partial charge in [-0.2, -0.15) is 0 Å². The van der Waals surface area contributed by atoms with Gasteiger partial charge < -0.3 is 14.8 Å². The smallest absolute Gasteiger partial charge is 0.225 e. The monoisotopic (exact) mass is 365 g/mol. The van der Waals surface area contributed by atoms with Gasteiger partial charge >= 0.3 is 0 Å². The third-order valence-corrected chi connectivity index (χ3v) is 5.80. The molecule has 4 nitrogen and oxygen atoms in total. The van der Waals surface area contributed by atoms with Crippen molar-refractivity contribution in [3.05, 3.63) is 64.4 Å². The summed E-state index contributed by atoms with van der Waals surface area (Å²) >= 11 is 1.68. The number of benzene rings is 2. The highest BCUT2D eigenvalue weighted by Gasteiger charge is 2.31. The molecule has 0 spiro atoms. The van der Waals surface area contributed by atoms with E-state index in [4.69, 9.17) is 9.47 Å². The molecule has 0 bridgehead atoms. The van der Waals surface area contributed by atoms with E-state index in [0.29, 0.717) is 6.42 Å². The summed E-state index contributed by atoms with van der Waals surface area (Å²) < 4.78 is 10.7. The normalized spacial score (nSPS) is 15.9. The molecule has 1 unspecified atom stereocenters. The van der Waals surface area contributed by atoms with E-state index < -0.39 is 0 Å². The first-order valence-electron chi connectivity index (χ1n) is 8.40. The predicted octanol–water partition coefficient (Wildman–Crippen LogP) is 4.91. The highest BCUT2D eigenvalue weighted by Crippen LogP contribution is 2.48. The van der Waals surface area contributed by atoms with Crippen molar-refractivity contribution in [3.8, 4) is 22.6 Å². The summed E-state index contributed by atoms with van der Waals surface area (Å²) in [6.07, 6.45) is 0.450. The van der Waals surface area contributed by atoms with Gasteiger partial charge in [0.25, 0.3) is 0 Å². The summed E-state index contributed by atoms with van der Waals surface area (Å²) in [4.78, 5) is 13.6. The van der Waals surface area contributed by atoms with Gasteiger partial charge in [-0.05, 0) is 23.8 Å². The molecule has 1 aliphatic rings. The SMILES string of the molecule is COc1ccc(C2CC(=O)Nc3c(-c4ccccc4OC)csc32)cc1. The van der Waals surface area contributed by atoms with Crippen LogP contribution >= 0.6 is 11.3 Å². The molecule has 3 aromatic rings. The van der Waals surface area contributed by atoms with Crippen molar-refractivity contribution >= 4 is 22.9 Å². The zero-order valence-electron chi connectivity index (χ0n) is 14.6. The lowest BCUT2D eigenvalue weighted by molar-refractivity contribution is -0.116. The average molecular weight is 365 g/mol. The lowest BCUT2D eigenvalue weighted by atomic mass is 9.89. The zero-order chi connectivity index (χ0) is 18.1. The van der Waals surface area contributed by atoms with Crippen LogP contribution < -0.4 is 14.8 Å². The van der Waals surface area contributed by atoms with Crippen molar-refractivity contribution < 1.29 is 14.3 Å². The molecule has 1 atom stereocenters. The third-order valence-electron chi connectivity index (χ3n) is 4.71. The van der Waals surface area contributed by atoms with E-state index in [1.54, 1.807) is 25.6 Å². The first kappa shape index (κ1) is 16.7. The first-order valence-corrected chi connectivity index (χ1v) is 9.27. The van der Waals surface area contributed by atoms with Gasteiger partial charge in [-0.25, -0.2) is 0 Å². The number of para-hydroxylation sites is 1. The Hall–Kier alpha value is -2.79. The van der Waals surface area contributed by atoms with Gasteiger partial charge in [-0.1, -0.05) is 30.3 Å². The number of methoxy groups -OCH3 is 2. The molecule has 0 fully saturated rings. The number of thiophene rings is 1. The fourth-order valence-electron chi connectivity index (χ4n) is 3.40. The minimum Gasteiger partial charge on any atom is -0.497 e. The van der Waals surface area contributed by atoms with E-state index in [0.717, 1.165) is 33.9 Å². The summed E-state index contributed by atoms with van der Waals surface area (Å²) in [7, 11) is 3.32. The van der Waals surface area contributed by atoms with Gasteiger partial charge in [0.1, 0.15) is 11.5 Å². The lowest BCUT2D eigenvalue weighted by Gasteiger charge is -2.24. The minimum absolute atomic E-state index is 0.0351. The molecule has 2 aromatic carbocycles. The maximum Gasteiger partial charge on any atom is 0.225 e. The minimum atomic E-state index is 0.0351. The summed E-state index contributed by atoms with van der Waals surface area (Å²) in [6.45, 7) is 0.